The molecule has 0 radical (unpaired) electrons. The molecule has 0 fully saturated rings. The van der Waals surface area contributed by atoms with Crippen molar-refractivity contribution in [2.45, 2.75) is 6.54 Å². The van der Waals surface area contributed by atoms with E-state index in [2.05, 4.69) is 20.7 Å². The smallest absolute Gasteiger partial charge is 0.325 e. The minimum absolute atomic E-state index is 0.0216. The Morgan fingerprint density at radius 1 is 1.19 bits per heavy atom. The van der Waals surface area contributed by atoms with Crippen molar-refractivity contribution in [3.8, 4) is 11.3 Å². The van der Waals surface area contributed by atoms with Crippen molar-refractivity contribution in [1.29, 1.82) is 0 Å². The quantitative estimate of drug-likeness (QED) is 0.619. The number of nitrogens with one attached hydrogen (secondary N) is 1. The normalized spacial score (nSPS) is 11.5. The molecule has 0 spiro atoms. The molecule has 0 saturated heterocycles. The Labute approximate surface area is 160 Å². The fourth-order valence-corrected chi connectivity index (χ4v) is 3.64. The number of benzene rings is 2. The van der Waals surface area contributed by atoms with Crippen LogP contribution in [0, 0.1) is 0 Å². The van der Waals surface area contributed by atoms with Crippen molar-refractivity contribution in [2.75, 3.05) is 18.1 Å². The summed E-state index contributed by atoms with van der Waals surface area (Å²) < 4.78 is 33.4. The summed E-state index contributed by atoms with van der Waals surface area (Å²) in [5.41, 5.74) is 2.90. The molecule has 3 aromatic rings. The molecule has 0 saturated carbocycles. The van der Waals surface area contributed by atoms with E-state index in [-0.39, 0.29) is 12.5 Å². The van der Waals surface area contributed by atoms with Gasteiger partial charge >= 0.3 is 5.97 Å². The number of carbonyl (C=O) groups excluding carboxylic acids is 1. The number of rotatable bonds is 5. The van der Waals surface area contributed by atoms with Crippen LogP contribution in [0.3, 0.4) is 0 Å². The number of aromatic nitrogens is 1. The van der Waals surface area contributed by atoms with Gasteiger partial charge in [-0.25, -0.2) is 8.42 Å². The summed E-state index contributed by atoms with van der Waals surface area (Å²) in [6.45, 7) is 0.0216. The van der Waals surface area contributed by atoms with E-state index in [1.54, 1.807) is 12.1 Å². The zero-order chi connectivity index (χ0) is 18.9. The van der Waals surface area contributed by atoms with Crippen LogP contribution in [-0.4, -0.2) is 32.3 Å². The summed E-state index contributed by atoms with van der Waals surface area (Å²) in [5, 5.41) is 0.708. The van der Waals surface area contributed by atoms with E-state index in [1.807, 2.05) is 41.0 Å². The Hall–Kier alpha value is -2.32. The number of methoxy groups -OCH3 is 1. The van der Waals surface area contributed by atoms with Crippen molar-refractivity contribution in [2.24, 2.45) is 0 Å². The molecular formula is C18H17BrN2O4S. The summed E-state index contributed by atoms with van der Waals surface area (Å²) in [6, 6.07) is 14.8. The highest BCUT2D eigenvalue weighted by Crippen LogP contribution is 2.33. The minimum atomic E-state index is -3.43. The fraction of sp³-hybridized carbons (Fsp3) is 0.167. The Morgan fingerprint density at radius 2 is 1.88 bits per heavy atom. The third-order valence-electron chi connectivity index (χ3n) is 3.90. The minimum Gasteiger partial charge on any atom is -0.468 e. The third-order valence-corrected chi connectivity index (χ3v) is 5.02. The maximum atomic E-state index is 11.9. The van der Waals surface area contributed by atoms with Crippen molar-refractivity contribution in [1.82, 2.24) is 4.57 Å². The first-order chi connectivity index (χ1) is 12.3. The zero-order valence-corrected chi connectivity index (χ0v) is 16.6. The van der Waals surface area contributed by atoms with E-state index in [0.717, 1.165) is 27.5 Å². The van der Waals surface area contributed by atoms with Crippen LogP contribution < -0.4 is 4.72 Å². The lowest BCUT2D eigenvalue weighted by Gasteiger charge is -2.10. The van der Waals surface area contributed by atoms with E-state index in [0.29, 0.717) is 11.1 Å². The average Bonchev–Trinajstić information content (AvgIpc) is 2.94. The second-order valence-electron chi connectivity index (χ2n) is 5.81. The van der Waals surface area contributed by atoms with Gasteiger partial charge in [-0.05, 0) is 35.9 Å². The SMILES string of the molecule is COC(=O)Cn1c(-c2ccc(Br)cc2)cc2c(NS(C)(=O)=O)cccc21. The maximum Gasteiger partial charge on any atom is 0.325 e. The summed E-state index contributed by atoms with van der Waals surface area (Å²) >= 11 is 3.41. The second kappa shape index (κ2) is 7.13. The van der Waals surface area contributed by atoms with Crippen molar-refractivity contribution < 1.29 is 17.9 Å². The van der Waals surface area contributed by atoms with Crippen LogP contribution in [0.5, 0.6) is 0 Å². The molecule has 0 aliphatic carbocycles. The van der Waals surface area contributed by atoms with E-state index >= 15 is 0 Å². The molecule has 0 atom stereocenters. The highest BCUT2D eigenvalue weighted by atomic mass is 79.9. The number of esters is 1. The first-order valence-electron chi connectivity index (χ1n) is 7.71. The number of sulfonamides is 1. The predicted molar refractivity (Wildman–Crippen MR) is 106 cm³/mol. The lowest BCUT2D eigenvalue weighted by atomic mass is 10.1. The standard InChI is InChI=1S/C18H17BrN2O4S/c1-25-18(22)11-21-16-5-3-4-15(20-26(2,23)24)14(16)10-17(21)12-6-8-13(19)9-7-12/h3-10,20H,11H2,1-2H3. The number of nitrogens with zero attached hydrogens (tertiary/aromatic N) is 1. The molecule has 1 heterocycles. The number of hydrogen-bond donors (Lipinski definition) is 1. The third kappa shape index (κ3) is 3.91. The van der Waals surface area contributed by atoms with E-state index in [9.17, 15) is 13.2 Å². The first kappa shape index (κ1) is 18.5. The molecule has 0 amide bonds. The molecule has 0 bridgehead atoms. The van der Waals surface area contributed by atoms with Gasteiger partial charge in [-0.3, -0.25) is 9.52 Å². The molecule has 0 aliphatic rings. The lowest BCUT2D eigenvalue weighted by molar-refractivity contribution is -0.141. The number of fused-ring (bicyclic) bond motifs is 1. The monoisotopic (exact) mass is 436 g/mol. The van der Waals surface area contributed by atoms with Gasteiger partial charge in [0.2, 0.25) is 10.0 Å². The molecule has 0 unspecified atom stereocenters. The molecule has 136 valence electrons. The second-order valence-corrected chi connectivity index (χ2v) is 8.48. The fourth-order valence-electron chi connectivity index (χ4n) is 2.80. The van der Waals surface area contributed by atoms with Gasteiger partial charge in [0.25, 0.3) is 0 Å². The van der Waals surface area contributed by atoms with Gasteiger partial charge in [0, 0.05) is 15.6 Å². The first-order valence-corrected chi connectivity index (χ1v) is 10.4. The Kier molecular flexibility index (Phi) is 5.06. The van der Waals surface area contributed by atoms with Gasteiger partial charge in [0.1, 0.15) is 6.54 Å². The van der Waals surface area contributed by atoms with E-state index in [4.69, 9.17) is 4.74 Å². The molecule has 1 N–H and O–H groups in total. The van der Waals surface area contributed by atoms with Crippen LogP contribution in [0.25, 0.3) is 22.2 Å². The van der Waals surface area contributed by atoms with Gasteiger partial charge in [-0.1, -0.05) is 34.1 Å². The van der Waals surface area contributed by atoms with Gasteiger partial charge in [0.15, 0.2) is 0 Å². The topological polar surface area (TPSA) is 77.4 Å². The summed E-state index contributed by atoms with van der Waals surface area (Å²) in [4.78, 5) is 11.9. The molecule has 26 heavy (non-hydrogen) atoms. The van der Waals surface area contributed by atoms with Crippen LogP contribution in [0.2, 0.25) is 0 Å². The largest absolute Gasteiger partial charge is 0.468 e. The van der Waals surface area contributed by atoms with Gasteiger partial charge < -0.3 is 9.30 Å². The summed E-state index contributed by atoms with van der Waals surface area (Å²) in [5.74, 6) is -0.387. The van der Waals surface area contributed by atoms with Crippen LogP contribution >= 0.6 is 15.9 Å². The van der Waals surface area contributed by atoms with Gasteiger partial charge in [-0.15, -0.1) is 0 Å². The van der Waals surface area contributed by atoms with Crippen LogP contribution in [0.1, 0.15) is 0 Å². The van der Waals surface area contributed by atoms with Crippen LogP contribution in [0.15, 0.2) is 53.0 Å². The number of hydrogen-bond acceptors (Lipinski definition) is 4. The Balaban J connectivity index is 2.24. The highest BCUT2D eigenvalue weighted by molar-refractivity contribution is 9.10. The molecule has 3 rings (SSSR count). The Bertz CT molecular complexity index is 1070. The van der Waals surface area contributed by atoms with Crippen molar-refractivity contribution >= 4 is 48.5 Å². The van der Waals surface area contributed by atoms with Crippen LogP contribution in [0.4, 0.5) is 5.69 Å². The molecular weight excluding hydrogens is 420 g/mol. The lowest BCUT2D eigenvalue weighted by Crippen LogP contribution is -2.12. The molecule has 8 heteroatoms. The number of halogens is 1. The van der Waals surface area contributed by atoms with Crippen molar-refractivity contribution in [3.05, 3.63) is 53.0 Å². The van der Waals surface area contributed by atoms with E-state index in [1.165, 1.54) is 7.11 Å². The average molecular weight is 437 g/mol. The van der Waals surface area contributed by atoms with Crippen molar-refractivity contribution in [3.63, 3.8) is 0 Å². The highest BCUT2D eigenvalue weighted by Gasteiger charge is 2.17. The Morgan fingerprint density at radius 3 is 2.50 bits per heavy atom. The molecule has 0 aliphatic heterocycles. The predicted octanol–water partition coefficient (Wildman–Crippen LogP) is 3.62. The number of carbonyl (C=O) groups is 1. The number of ether oxygens (including phenoxy) is 1. The molecule has 2 aromatic carbocycles. The summed E-state index contributed by atoms with van der Waals surface area (Å²) in [7, 11) is -2.09. The van der Waals surface area contributed by atoms with Gasteiger partial charge in [-0.2, -0.15) is 0 Å². The zero-order valence-electron chi connectivity index (χ0n) is 14.2. The van der Waals surface area contributed by atoms with Crippen LogP contribution in [-0.2, 0) is 26.1 Å². The van der Waals surface area contributed by atoms with E-state index < -0.39 is 10.0 Å². The summed E-state index contributed by atoms with van der Waals surface area (Å²) in [6.07, 6.45) is 1.10. The maximum absolute atomic E-state index is 11.9. The molecule has 1 aromatic heterocycles. The number of anilines is 1. The molecule has 6 nitrogen and oxygen atoms in total. The van der Waals surface area contributed by atoms with Gasteiger partial charge in [0.05, 0.1) is 24.6 Å².